The summed E-state index contributed by atoms with van der Waals surface area (Å²) in [6.45, 7) is -0.0470. The van der Waals surface area contributed by atoms with Gasteiger partial charge in [0.1, 0.15) is 18.9 Å². The van der Waals surface area contributed by atoms with Gasteiger partial charge in [0, 0.05) is 5.69 Å². The van der Waals surface area contributed by atoms with Gasteiger partial charge in [-0.1, -0.05) is 6.07 Å². The lowest BCUT2D eigenvalue weighted by Crippen LogP contribution is -2.33. The molecule has 0 radical (unpaired) electrons. The van der Waals surface area contributed by atoms with Gasteiger partial charge >= 0.3 is 5.69 Å². The van der Waals surface area contributed by atoms with Crippen molar-refractivity contribution >= 4 is 17.3 Å². The van der Waals surface area contributed by atoms with Crippen LogP contribution in [0.5, 0.6) is 0 Å². The number of anilines is 1. The second kappa shape index (κ2) is 6.07. The summed E-state index contributed by atoms with van der Waals surface area (Å²) < 4.78 is 1.26. The SMILES string of the molecule is Nc1ccc2c(c1)CCCC2NC(=O)Cn1cc([N+](=O)[O-])cn1. The van der Waals surface area contributed by atoms with Gasteiger partial charge in [0.25, 0.3) is 0 Å². The van der Waals surface area contributed by atoms with E-state index in [1.54, 1.807) is 0 Å². The molecule has 2 aromatic rings. The largest absolute Gasteiger partial charge is 0.399 e. The zero-order chi connectivity index (χ0) is 16.4. The van der Waals surface area contributed by atoms with Gasteiger partial charge in [0.05, 0.1) is 11.0 Å². The van der Waals surface area contributed by atoms with Crippen LogP contribution < -0.4 is 11.1 Å². The molecule has 0 spiro atoms. The minimum atomic E-state index is -0.539. The monoisotopic (exact) mass is 315 g/mol. The molecule has 1 aliphatic carbocycles. The van der Waals surface area contributed by atoms with E-state index in [0.29, 0.717) is 0 Å². The number of carbonyl (C=O) groups is 1. The number of aryl methyl sites for hydroxylation is 1. The summed E-state index contributed by atoms with van der Waals surface area (Å²) in [5.74, 6) is -0.224. The third-order valence-corrected chi connectivity index (χ3v) is 3.95. The van der Waals surface area contributed by atoms with E-state index >= 15 is 0 Å². The van der Waals surface area contributed by atoms with Crippen molar-refractivity contribution in [2.45, 2.75) is 31.8 Å². The Kier molecular flexibility index (Phi) is 3.96. The molecule has 1 aromatic carbocycles. The molecule has 0 saturated carbocycles. The molecule has 1 aliphatic rings. The number of fused-ring (bicyclic) bond motifs is 1. The molecular weight excluding hydrogens is 298 g/mol. The van der Waals surface area contributed by atoms with Crippen LogP contribution in [0.15, 0.2) is 30.6 Å². The number of amides is 1. The quantitative estimate of drug-likeness (QED) is 0.504. The molecule has 8 nitrogen and oxygen atoms in total. The third kappa shape index (κ3) is 3.31. The summed E-state index contributed by atoms with van der Waals surface area (Å²) in [7, 11) is 0. The van der Waals surface area contributed by atoms with Crippen molar-refractivity contribution in [1.82, 2.24) is 15.1 Å². The second-order valence-corrected chi connectivity index (χ2v) is 5.62. The fraction of sp³-hybridized carbons (Fsp3) is 0.333. The Morgan fingerprint density at radius 3 is 3.09 bits per heavy atom. The summed E-state index contributed by atoms with van der Waals surface area (Å²) in [5.41, 5.74) is 8.65. The maximum absolute atomic E-state index is 12.2. The molecule has 3 N–H and O–H groups in total. The maximum Gasteiger partial charge on any atom is 0.307 e. The van der Waals surface area contributed by atoms with E-state index in [9.17, 15) is 14.9 Å². The minimum absolute atomic E-state index is 0.0470. The number of rotatable bonds is 4. The number of carbonyl (C=O) groups excluding carboxylic acids is 1. The highest BCUT2D eigenvalue weighted by molar-refractivity contribution is 5.76. The molecule has 23 heavy (non-hydrogen) atoms. The molecule has 1 atom stereocenters. The molecule has 1 unspecified atom stereocenters. The summed E-state index contributed by atoms with van der Waals surface area (Å²) in [6, 6.07) is 5.68. The smallest absolute Gasteiger partial charge is 0.307 e. The van der Waals surface area contributed by atoms with Crippen LogP contribution >= 0.6 is 0 Å². The van der Waals surface area contributed by atoms with Gasteiger partial charge in [-0.25, -0.2) is 0 Å². The van der Waals surface area contributed by atoms with Gasteiger partial charge in [-0.05, 0) is 42.5 Å². The Morgan fingerprint density at radius 1 is 1.52 bits per heavy atom. The lowest BCUT2D eigenvalue weighted by atomic mass is 9.87. The van der Waals surface area contributed by atoms with Gasteiger partial charge in [-0.3, -0.25) is 19.6 Å². The van der Waals surface area contributed by atoms with E-state index in [0.717, 1.165) is 42.3 Å². The summed E-state index contributed by atoms with van der Waals surface area (Å²) in [4.78, 5) is 22.3. The van der Waals surface area contributed by atoms with Crippen molar-refractivity contribution in [3.05, 3.63) is 51.8 Å². The Balaban J connectivity index is 1.68. The summed E-state index contributed by atoms with van der Waals surface area (Å²) in [6.07, 6.45) is 5.18. The average molecular weight is 315 g/mol. The highest BCUT2D eigenvalue weighted by Crippen LogP contribution is 2.30. The molecule has 0 fully saturated rings. The van der Waals surface area contributed by atoms with E-state index in [4.69, 9.17) is 5.73 Å². The first-order chi connectivity index (χ1) is 11.0. The van der Waals surface area contributed by atoms with Crippen LogP contribution in [0.1, 0.15) is 30.0 Å². The third-order valence-electron chi connectivity index (χ3n) is 3.95. The van der Waals surface area contributed by atoms with Crippen LogP contribution in [0.3, 0.4) is 0 Å². The van der Waals surface area contributed by atoms with Crippen LogP contribution in [-0.2, 0) is 17.8 Å². The Morgan fingerprint density at radius 2 is 2.35 bits per heavy atom. The summed E-state index contributed by atoms with van der Waals surface area (Å²) in [5, 5.41) is 17.4. The van der Waals surface area contributed by atoms with Gasteiger partial charge < -0.3 is 11.1 Å². The fourth-order valence-corrected chi connectivity index (χ4v) is 2.90. The van der Waals surface area contributed by atoms with E-state index < -0.39 is 4.92 Å². The lowest BCUT2D eigenvalue weighted by molar-refractivity contribution is -0.385. The van der Waals surface area contributed by atoms with E-state index in [1.165, 1.54) is 10.9 Å². The number of nitro groups is 1. The zero-order valence-corrected chi connectivity index (χ0v) is 12.4. The Hall–Kier alpha value is -2.90. The predicted octanol–water partition coefficient (Wildman–Crippen LogP) is 1.57. The van der Waals surface area contributed by atoms with Gasteiger partial charge in [-0.15, -0.1) is 0 Å². The standard InChI is InChI=1S/C15H17N5O3/c16-11-4-5-13-10(6-11)2-1-3-14(13)18-15(21)9-19-8-12(7-17-19)20(22)23/h4-8,14H,1-3,9,16H2,(H,18,21). The van der Waals surface area contributed by atoms with E-state index in [1.807, 2.05) is 18.2 Å². The van der Waals surface area contributed by atoms with E-state index in [-0.39, 0.29) is 24.2 Å². The second-order valence-electron chi connectivity index (χ2n) is 5.62. The number of benzene rings is 1. The van der Waals surface area contributed by atoms with E-state index in [2.05, 4.69) is 10.4 Å². The minimum Gasteiger partial charge on any atom is -0.399 e. The lowest BCUT2D eigenvalue weighted by Gasteiger charge is -2.26. The topological polar surface area (TPSA) is 116 Å². The first-order valence-corrected chi connectivity index (χ1v) is 7.37. The molecule has 0 bridgehead atoms. The van der Waals surface area contributed by atoms with Crippen molar-refractivity contribution in [3.8, 4) is 0 Å². The molecule has 1 amide bonds. The average Bonchev–Trinajstić information content (AvgIpc) is 2.95. The zero-order valence-electron chi connectivity index (χ0n) is 12.4. The first kappa shape index (κ1) is 15.0. The van der Waals surface area contributed by atoms with Crippen LogP contribution in [0.25, 0.3) is 0 Å². The number of nitrogens with one attached hydrogen (secondary N) is 1. The van der Waals surface area contributed by atoms with Crippen molar-refractivity contribution in [1.29, 1.82) is 0 Å². The highest BCUT2D eigenvalue weighted by atomic mass is 16.6. The molecule has 3 rings (SSSR count). The molecule has 1 heterocycles. The predicted molar refractivity (Wildman–Crippen MR) is 83.6 cm³/mol. The molecule has 120 valence electrons. The van der Waals surface area contributed by atoms with Gasteiger partial charge in [0.2, 0.25) is 5.91 Å². The molecule has 8 heteroatoms. The number of hydrogen-bond acceptors (Lipinski definition) is 5. The summed E-state index contributed by atoms with van der Waals surface area (Å²) >= 11 is 0. The fourth-order valence-electron chi connectivity index (χ4n) is 2.90. The number of nitrogens with zero attached hydrogens (tertiary/aromatic N) is 3. The van der Waals surface area contributed by atoms with Crippen molar-refractivity contribution < 1.29 is 9.72 Å². The van der Waals surface area contributed by atoms with Crippen molar-refractivity contribution in [2.75, 3.05) is 5.73 Å². The Labute approximate surface area is 132 Å². The highest BCUT2D eigenvalue weighted by Gasteiger charge is 2.22. The Bertz CT molecular complexity index is 755. The number of nitrogen functional groups attached to an aromatic ring is 1. The van der Waals surface area contributed by atoms with Crippen molar-refractivity contribution in [3.63, 3.8) is 0 Å². The number of hydrogen-bond donors (Lipinski definition) is 2. The van der Waals surface area contributed by atoms with Gasteiger partial charge in [-0.2, -0.15) is 5.10 Å². The molecule has 0 aliphatic heterocycles. The normalized spacial score (nSPS) is 16.6. The van der Waals surface area contributed by atoms with Crippen LogP contribution in [0.4, 0.5) is 11.4 Å². The maximum atomic E-state index is 12.2. The number of aromatic nitrogens is 2. The molecular formula is C15H17N5O3. The van der Waals surface area contributed by atoms with Crippen LogP contribution in [0.2, 0.25) is 0 Å². The first-order valence-electron chi connectivity index (χ1n) is 7.37. The van der Waals surface area contributed by atoms with Gasteiger partial charge in [0.15, 0.2) is 0 Å². The molecule has 0 saturated heterocycles. The van der Waals surface area contributed by atoms with Crippen molar-refractivity contribution in [2.24, 2.45) is 0 Å². The number of nitrogens with two attached hydrogens (primary N) is 1. The molecule has 1 aromatic heterocycles. The van der Waals surface area contributed by atoms with Crippen LogP contribution in [0, 0.1) is 10.1 Å². The van der Waals surface area contributed by atoms with Crippen LogP contribution in [-0.4, -0.2) is 20.6 Å².